The van der Waals surface area contributed by atoms with Crippen LogP contribution >= 0.6 is 11.8 Å². The highest BCUT2D eigenvalue weighted by molar-refractivity contribution is 7.99. The molecule has 0 heterocycles. The van der Waals surface area contributed by atoms with Gasteiger partial charge in [0.05, 0.1) is 5.69 Å². The van der Waals surface area contributed by atoms with Crippen LogP contribution in [0.15, 0.2) is 34.2 Å². The number of nitrogens with two attached hydrogens (primary N) is 1. The number of aliphatic imine (C=N–C) groups is 1. The monoisotopic (exact) mass is 284 g/mol. The minimum Gasteiger partial charge on any atom is -0.387 e. The maximum Gasteiger partial charge on any atom is 0.288 e. The number of hydrogen-bond acceptors (Lipinski definition) is 2. The average molecular weight is 284 g/mol. The zero-order valence-corrected chi connectivity index (χ0v) is 11.5. The SMILES string of the molecule is NC(=Nc1ccc(SC(F)F)cc1)C1CCCCC1. The zero-order valence-electron chi connectivity index (χ0n) is 10.7. The summed E-state index contributed by atoms with van der Waals surface area (Å²) in [5.74, 6) is -1.33. The highest BCUT2D eigenvalue weighted by Gasteiger charge is 2.16. The van der Waals surface area contributed by atoms with E-state index in [9.17, 15) is 8.78 Å². The standard InChI is InChI=1S/C14H18F2N2S/c15-14(16)19-12-8-6-11(7-9-12)18-13(17)10-4-2-1-3-5-10/h6-10,14H,1-5H2,(H2,17,18). The number of benzene rings is 1. The van der Waals surface area contributed by atoms with Crippen LogP contribution in [0, 0.1) is 5.92 Å². The van der Waals surface area contributed by atoms with Crippen molar-refractivity contribution in [1.82, 2.24) is 0 Å². The van der Waals surface area contributed by atoms with Gasteiger partial charge in [0.2, 0.25) is 0 Å². The first kappa shape index (κ1) is 14.3. The molecule has 0 unspecified atom stereocenters. The van der Waals surface area contributed by atoms with Crippen molar-refractivity contribution in [2.24, 2.45) is 16.6 Å². The van der Waals surface area contributed by atoms with E-state index in [4.69, 9.17) is 5.73 Å². The Morgan fingerprint density at radius 1 is 1.16 bits per heavy atom. The fraction of sp³-hybridized carbons (Fsp3) is 0.500. The van der Waals surface area contributed by atoms with Gasteiger partial charge in [0.25, 0.3) is 5.76 Å². The smallest absolute Gasteiger partial charge is 0.288 e. The van der Waals surface area contributed by atoms with Gasteiger partial charge in [-0.25, -0.2) is 4.99 Å². The number of nitrogens with zero attached hydrogens (tertiary/aromatic N) is 1. The van der Waals surface area contributed by atoms with E-state index >= 15 is 0 Å². The Bertz CT molecular complexity index is 426. The Balaban J connectivity index is 2.01. The van der Waals surface area contributed by atoms with Crippen molar-refractivity contribution in [1.29, 1.82) is 0 Å². The number of amidine groups is 1. The van der Waals surface area contributed by atoms with E-state index < -0.39 is 5.76 Å². The van der Waals surface area contributed by atoms with Crippen LogP contribution in [0.2, 0.25) is 0 Å². The van der Waals surface area contributed by atoms with Crippen LogP contribution in [0.5, 0.6) is 0 Å². The Morgan fingerprint density at radius 2 is 1.79 bits per heavy atom. The summed E-state index contributed by atoms with van der Waals surface area (Å²) in [6.07, 6.45) is 5.92. The summed E-state index contributed by atoms with van der Waals surface area (Å²) in [6, 6.07) is 6.79. The molecule has 1 aliphatic carbocycles. The lowest BCUT2D eigenvalue weighted by atomic mass is 9.88. The molecular weight excluding hydrogens is 266 g/mol. The summed E-state index contributed by atoms with van der Waals surface area (Å²) in [5, 5.41) is 0. The third-order valence-electron chi connectivity index (χ3n) is 3.34. The number of alkyl halides is 2. The van der Waals surface area contributed by atoms with Crippen molar-refractivity contribution >= 4 is 23.3 Å². The molecular formula is C14H18F2N2S. The Hall–Kier alpha value is -1.10. The number of thioether (sulfide) groups is 1. The molecule has 2 rings (SSSR count). The van der Waals surface area contributed by atoms with Gasteiger partial charge in [-0.3, -0.25) is 0 Å². The Labute approximate surface area is 116 Å². The molecule has 0 saturated heterocycles. The van der Waals surface area contributed by atoms with Gasteiger partial charge in [0.1, 0.15) is 5.84 Å². The Morgan fingerprint density at radius 3 is 2.37 bits per heavy atom. The van der Waals surface area contributed by atoms with E-state index in [2.05, 4.69) is 4.99 Å². The van der Waals surface area contributed by atoms with Gasteiger partial charge in [-0.05, 0) is 37.1 Å². The first-order valence-electron chi connectivity index (χ1n) is 6.54. The summed E-state index contributed by atoms with van der Waals surface area (Å²) in [5.41, 5.74) is 6.76. The van der Waals surface area contributed by atoms with Crippen molar-refractivity contribution in [3.8, 4) is 0 Å². The molecule has 0 amide bonds. The summed E-state index contributed by atoms with van der Waals surface area (Å²) in [6.45, 7) is 0. The summed E-state index contributed by atoms with van der Waals surface area (Å²) in [4.78, 5) is 4.95. The minimum atomic E-state index is -2.39. The summed E-state index contributed by atoms with van der Waals surface area (Å²) >= 11 is 0.541. The fourth-order valence-electron chi connectivity index (χ4n) is 2.34. The quantitative estimate of drug-likeness (QED) is 0.499. The van der Waals surface area contributed by atoms with Gasteiger partial charge in [0.15, 0.2) is 0 Å². The van der Waals surface area contributed by atoms with E-state index in [1.807, 2.05) is 0 Å². The lowest BCUT2D eigenvalue weighted by molar-refractivity contribution is 0.252. The summed E-state index contributed by atoms with van der Waals surface area (Å²) in [7, 11) is 0. The van der Waals surface area contributed by atoms with Gasteiger partial charge < -0.3 is 5.73 Å². The molecule has 1 aromatic carbocycles. The highest BCUT2D eigenvalue weighted by Crippen LogP contribution is 2.28. The minimum absolute atomic E-state index is 0.379. The Kier molecular flexibility index (Phi) is 5.19. The first-order chi connectivity index (χ1) is 9.15. The molecule has 0 bridgehead atoms. The van der Waals surface area contributed by atoms with Crippen LogP contribution < -0.4 is 5.73 Å². The maximum absolute atomic E-state index is 12.2. The van der Waals surface area contributed by atoms with E-state index in [1.165, 1.54) is 19.3 Å². The lowest BCUT2D eigenvalue weighted by Gasteiger charge is -2.20. The molecule has 0 atom stereocenters. The van der Waals surface area contributed by atoms with E-state index in [1.54, 1.807) is 24.3 Å². The molecule has 1 aliphatic rings. The number of hydrogen-bond donors (Lipinski definition) is 1. The van der Waals surface area contributed by atoms with Crippen LogP contribution in [0.1, 0.15) is 32.1 Å². The normalized spacial score (nSPS) is 17.9. The van der Waals surface area contributed by atoms with Crippen molar-refractivity contribution < 1.29 is 8.78 Å². The van der Waals surface area contributed by atoms with Crippen LogP contribution in [-0.4, -0.2) is 11.6 Å². The van der Waals surface area contributed by atoms with Gasteiger partial charge in [-0.2, -0.15) is 8.78 Å². The van der Waals surface area contributed by atoms with Crippen molar-refractivity contribution in [2.75, 3.05) is 0 Å². The second-order valence-electron chi connectivity index (χ2n) is 4.74. The van der Waals surface area contributed by atoms with Gasteiger partial charge in [-0.1, -0.05) is 31.0 Å². The predicted molar refractivity (Wildman–Crippen MR) is 76.2 cm³/mol. The van der Waals surface area contributed by atoms with E-state index in [0.717, 1.165) is 18.5 Å². The van der Waals surface area contributed by atoms with Crippen LogP contribution in [-0.2, 0) is 0 Å². The molecule has 5 heteroatoms. The van der Waals surface area contributed by atoms with E-state index in [-0.39, 0.29) is 0 Å². The molecule has 19 heavy (non-hydrogen) atoms. The fourth-order valence-corrected chi connectivity index (χ4v) is 2.84. The third-order valence-corrected chi connectivity index (χ3v) is 4.07. The van der Waals surface area contributed by atoms with Gasteiger partial charge in [0, 0.05) is 10.8 Å². The van der Waals surface area contributed by atoms with Crippen LogP contribution in [0.25, 0.3) is 0 Å². The molecule has 104 valence electrons. The molecule has 2 nitrogen and oxygen atoms in total. The van der Waals surface area contributed by atoms with Crippen molar-refractivity contribution in [3.05, 3.63) is 24.3 Å². The topological polar surface area (TPSA) is 38.4 Å². The van der Waals surface area contributed by atoms with Crippen molar-refractivity contribution in [3.63, 3.8) is 0 Å². The first-order valence-corrected chi connectivity index (χ1v) is 7.42. The van der Waals surface area contributed by atoms with Gasteiger partial charge >= 0.3 is 0 Å². The van der Waals surface area contributed by atoms with Crippen LogP contribution in [0.3, 0.4) is 0 Å². The van der Waals surface area contributed by atoms with E-state index in [0.29, 0.717) is 28.4 Å². The average Bonchev–Trinajstić information content (AvgIpc) is 2.41. The number of halogens is 2. The lowest BCUT2D eigenvalue weighted by Crippen LogP contribution is -2.25. The molecule has 1 saturated carbocycles. The third kappa shape index (κ3) is 4.49. The van der Waals surface area contributed by atoms with Crippen LogP contribution in [0.4, 0.5) is 14.5 Å². The largest absolute Gasteiger partial charge is 0.387 e. The zero-order chi connectivity index (χ0) is 13.7. The molecule has 0 aromatic heterocycles. The predicted octanol–water partition coefficient (Wildman–Crippen LogP) is 4.57. The summed E-state index contributed by atoms with van der Waals surface area (Å²) < 4.78 is 24.4. The molecule has 1 aromatic rings. The second kappa shape index (κ2) is 6.89. The molecule has 0 aliphatic heterocycles. The molecule has 0 radical (unpaired) electrons. The van der Waals surface area contributed by atoms with Crippen molar-refractivity contribution in [2.45, 2.75) is 42.8 Å². The van der Waals surface area contributed by atoms with Gasteiger partial charge in [-0.15, -0.1) is 0 Å². The highest BCUT2D eigenvalue weighted by atomic mass is 32.2. The second-order valence-corrected chi connectivity index (χ2v) is 5.81. The molecule has 0 spiro atoms. The number of rotatable bonds is 4. The molecule has 2 N–H and O–H groups in total. The molecule has 1 fully saturated rings. The maximum atomic E-state index is 12.2.